The quantitative estimate of drug-likeness (QED) is 0.423. The number of halogens is 1. The highest BCUT2D eigenvalue weighted by Crippen LogP contribution is 2.13. The van der Waals surface area contributed by atoms with Gasteiger partial charge in [-0.2, -0.15) is 0 Å². The SMILES string of the molecule is CC(C)CCCCC(C)CCl. The maximum Gasteiger partial charge on any atom is 0.0249 e. The zero-order valence-electron chi connectivity index (χ0n) is 8.07. The molecule has 0 radical (unpaired) electrons. The number of rotatable bonds is 6. The van der Waals surface area contributed by atoms with Gasteiger partial charge in [-0.05, 0) is 18.3 Å². The first kappa shape index (κ1) is 11.3. The lowest BCUT2D eigenvalue weighted by Crippen LogP contribution is -1.96. The number of unbranched alkanes of at least 4 members (excludes halogenated alkanes) is 1. The summed E-state index contributed by atoms with van der Waals surface area (Å²) in [5, 5.41) is 0. The third-order valence-corrected chi connectivity index (χ3v) is 2.52. The van der Waals surface area contributed by atoms with Crippen molar-refractivity contribution >= 4 is 11.6 Å². The van der Waals surface area contributed by atoms with Gasteiger partial charge in [0.2, 0.25) is 0 Å². The van der Waals surface area contributed by atoms with Crippen molar-refractivity contribution in [2.75, 3.05) is 5.88 Å². The van der Waals surface area contributed by atoms with Crippen molar-refractivity contribution in [1.82, 2.24) is 0 Å². The molecule has 0 aliphatic heterocycles. The predicted octanol–water partition coefficient (Wildman–Crippen LogP) is 4.08. The molecule has 0 fully saturated rings. The van der Waals surface area contributed by atoms with E-state index in [2.05, 4.69) is 20.8 Å². The number of alkyl halides is 1. The summed E-state index contributed by atoms with van der Waals surface area (Å²) in [5.41, 5.74) is 0. The van der Waals surface area contributed by atoms with E-state index in [1.165, 1.54) is 25.7 Å². The lowest BCUT2D eigenvalue weighted by atomic mass is 10.0. The molecular weight excluding hydrogens is 156 g/mol. The van der Waals surface area contributed by atoms with Crippen LogP contribution >= 0.6 is 11.6 Å². The van der Waals surface area contributed by atoms with Gasteiger partial charge in [0.15, 0.2) is 0 Å². The first-order chi connectivity index (χ1) is 5.16. The summed E-state index contributed by atoms with van der Waals surface area (Å²) in [6, 6.07) is 0. The van der Waals surface area contributed by atoms with Crippen molar-refractivity contribution in [1.29, 1.82) is 0 Å². The first-order valence-electron chi connectivity index (χ1n) is 4.72. The summed E-state index contributed by atoms with van der Waals surface area (Å²) in [4.78, 5) is 0. The van der Waals surface area contributed by atoms with Gasteiger partial charge >= 0.3 is 0 Å². The fourth-order valence-corrected chi connectivity index (χ4v) is 1.28. The summed E-state index contributed by atoms with van der Waals surface area (Å²) in [7, 11) is 0. The molecule has 0 nitrogen and oxygen atoms in total. The summed E-state index contributed by atoms with van der Waals surface area (Å²) in [6.07, 6.45) is 5.40. The largest absolute Gasteiger partial charge is 0.126 e. The lowest BCUT2D eigenvalue weighted by Gasteiger charge is -2.07. The molecule has 0 aromatic heterocycles. The van der Waals surface area contributed by atoms with Crippen LogP contribution in [0.1, 0.15) is 46.5 Å². The second kappa shape index (κ2) is 6.97. The van der Waals surface area contributed by atoms with Crippen LogP contribution in [0.2, 0.25) is 0 Å². The Balaban J connectivity index is 3.01. The average Bonchev–Trinajstić information content (AvgIpc) is 1.97. The number of hydrogen-bond donors (Lipinski definition) is 0. The van der Waals surface area contributed by atoms with Crippen LogP contribution in [0.25, 0.3) is 0 Å². The highest BCUT2D eigenvalue weighted by atomic mass is 35.5. The van der Waals surface area contributed by atoms with Crippen LogP contribution in [0.3, 0.4) is 0 Å². The van der Waals surface area contributed by atoms with Gasteiger partial charge in [0.1, 0.15) is 0 Å². The Morgan fingerprint density at radius 3 is 2.00 bits per heavy atom. The van der Waals surface area contributed by atoms with E-state index in [-0.39, 0.29) is 0 Å². The fourth-order valence-electron chi connectivity index (χ4n) is 1.12. The third kappa shape index (κ3) is 8.19. The Hall–Kier alpha value is 0.290. The van der Waals surface area contributed by atoms with Crippen molar-refractivity contribution in [3.8, 4) is 0 Å². The lowest BCUT2D eigenvalue weighted by molar-refractivity contribution is 0.486. The molecule has 1 unspecified atom stereocenters. The van der Waals surface area contributed by atoms with E-state index in [4.69, 9.17) is 11.6 Å². The van der Waals surface area contributed by atoms with Crippen molar-refractivity contribution in [3.63, 3.8) is 0 Å². The van der Waals surface area contributed by atoms with Gasteiger partial charge in [-0.3, -0.25) is 0 Å². The summed E-state index contributed by atoms with van der Waals surface area (Å²) >= 11 is 5.69. The normalized spacial score (nSPS) is 13.9. The molecule has 0 heterocycles. The molecule has 68 valence electrons. The standard InChI is InChI=1S/C10H21Cl/c1-9(2)6-4-5-7-10(3)8-11/h9-10H,4-8H2,1-3H3. The van der Waals surface area contributed by atoms with Crippen molar-refractivity contribution in [2.45, 2.75) is 46.5 Å². The summed E-state index contributed by atoms with van der Waals surface area (Å²) < 4.78 is 0. The van der Waals surface area contributed by atoms with E-state index in [1.807, 2.05) is 0 Å². The van der Waals surface area contributed by atoms with Crippen LogP contribution in [0, 0.1) is 11.8 Å². The van der Waals surface area contributed by atoms with Crippen LogP contribution in [-0.2, 0) is 0 Å². The Labute approximate surface area is 76.3 Å². The highest BCUT2D eigenvalue weighted by molar-refractivity contribution is 6.18. The third-order valence-electron chi connectivity index (χ3n) is 1.99. The molecular formula is C10H21Cl. The van der Waals surface area contributed by atoms with Crippen molar-refractivity contribution in [2.24, 2.45) is 11.8 Å². The minimum Gasteiger partial charge on any atom is -0.126 e. The molecule has 0 bridgehead atoms. The predicted molar refractivity (Wildman–Crippen MR) is 53.2 cm³/mol. The van der Waals surface area contributed by atoms with E-state index >= 15 is 0 Å². The molecule has 0 aliphatic rings. The Kier molecular flexibility index (Phi) is 7.15. The number of hydrogen-bond acceptors (Lipinski definition) is 0. The average molecular weight is 177 g/mol. The first-order valence-corrected chi connectivity index (χ1v) is 5.26. The van der Waals surface area contributed by atoms with Gasteiger partial charge in [-0.25, -0.2) is 0 Å². The molecule has 11 heavy (non-hydrogen) atoms. The van der Waals surface area contributed by atoms with Crippen LogP contribution in [-0.4, -0.2) is 5.88 Å². The van der Waals surface area contributed by atoms with Gasteiger partial charge in [0.25, 0.3) is 0 Å². The zero-order valence-corrected chi connectivity index (χ0v) is 8.82. The van der Waals surface area contributed by atoms with E-state index in [0.29, 0.717) is 5.92 Å². The highest BCUT2D eigenvalue weighted by Gasteiger charge is 1.99. The van der Waals surface area contributed by atoms with E-state index in [9.17, 15) is 0 Å². The van der Waals surface area contributed by atoms with Crippen LogP contribution in [0.5, 0.6) is 0 Å². The monoisotopic (exact) mass is 176 g/mol. The molecule has 0 N–H and O–H groups in total. The smallest absolute Gasteiger partial charge is 0.0249 e. The molecule has 0 aliphatic carbocycles. The van der Waals surface area contributed by atoms with Crippen molar-refractivity contribution in [3.05, 3.63) is 0 Å². The van der Waals surface area contributed by atoms with Crippen LogP contribution in [0.4, 0.5) is 0 Å². The van der Waals surface area contributed by atoms with Gasteiger partial charge in [0.05, 0.1) is 0 Å². The van der Waals surface area contributed by atoms with Gasteiger partial charge in [-0.1, -0.05) is 40.0 Å². The van der Waals surface area contributed by atoms with Crippen molar-refractivity contribution < 1.29 is 0 Å². The van der Waals surface area contributed by atoms with E-state index in [1.54, 1.807) is 0 Å². The molecule has 1 atom stereocenters. The van der Waals surface area contributed by atoms with Gasteiger partial charge in [0, 0.05) is 5.88 Å². The van der Waals surface area contributed by atoms with E-state index in [0.717, 1.165) is 11.8 Å². The van der Waals surface area contributed by atoms with Crippen LogP contribution < -0.4 is 0 Å². The van der Waals surface area contributed by atoms with Crippen LogP contribution in [0.15, 0.2) is 0 Å². The minimum atomic E-state index is 0.712. The topological polar surface area (TPSA) is 0 Å². The zero-order chi connectivity index (χ0) is 8.69. The molecule has 0 saturated heterocycles. The summed E-state index contributed by atoms with van der Waals surface area (Å²) in [6.45, 7) is 6.79. The Morgan fingerprint density at radius 2 is 1.55 bits per heavy atom. The molecule has 0 saturated carbocycles. The summed E-state index contributed by atoms with van der Waals surface area (Å²) in [5.74, 6) is 2.40. The maximum atomic E-state index is 5.69. The fraction of sp³-hybridized carbons (Fsp3) is 1.00. The second-order valence-corrected chi connectivity index (χ2v) is 4.25. The Morgan fingerprint density at radius 1 is 1.00 bits per heavy atom. The maximum absolute atomic E-state index is 5.69. The molecule has 0 aromatic carbocycles. The molecule has 0 aromatic rings. The Bertz CT molecular complexity index is 78.9. The molecule has 0 rings (SSSR count). The molecule has 1 heteroatoms. The van der Waals surface area contributed by atoms with Gasteiger partial charge in [-0.15, -0.1) is 11.6 Å². The molecule has 0 amide bonds. The molecule has 0 spiro atoms. The minimum absolute atomic E-state index is 0.712. The second-order valence-electron chi connectivity index (χ2n) is 3.94. The van der Waals surface area contributed by atoms with E-state index < -0.39 is 0 Å². The van der Waals surface area contributed by atoms with Gasteiger partial charge < -0.3 is 0 Å².